The highest BCUT2D eigenvalue weighted by Gasteiger charge is 2.11. The number of carbonyl (C=O) groups is 1. The summed E-state index contributed by atoms with van der Waals surface area (Å²) in [5.74, 6) is 0.249. The van der Waals surface area contributed by atoms with E-state index in [0.717, 1.165) is 11.3 Å². The van der Waals surface area contributed by atoms with Crippen molar-refractivity contribution in [3.05, 3.63) is 29.3 Å². The first-order chi connectivity index (χ1) is 8.41. The van der Waals surface area contributed by atoms with Crippen molar-refractivity contribution in [2.24, 2.45) is 5.73 Å². The summed E-state index contributed by atoms with van der Waals surface area (Å²) >= 11 is 0. The highest BCUT2D eigenvalue weighted by Crippen LogP contribution is 2.24. The molecular weight excluding hydrogens is 230 g/mol. The van der Waals surface area contributed by atoms with Crippen LogP contribution in [0.1, 0.15) is 37.3 Å². The van der Waals surface area contributed by atoms with Crippen molar-refractivity contribution in [1.29, 1.82) is 0 Å². The first kappa shape index (κ1) is 14.5. The van der Waals surface area contributed by atoms with Gasteiger partial charge in [-0.2, -0.15) is 0 Å². The van der Waals surface area contributed by atoms with E-state index in [-0.39, 0.29) is 0 Å². The zero-order valence-corrected chi connectivity index (χ0v) is 11.1. The van der Waals surface area contributed by atoms with Gasteiger partial charge >= 0.3 is 5.97 Å². The fourth-order valence-corrected chi connectivity index (χ4v) is 1.55. The summed E-state index contributed by atoms with van der Waals surface area (Å²) in [6, 6.07) is 5.24. The largest absolute Gasteiger partial charge is 0.493 e. The molecule has 0 spiro atoms. The molecular formula is C14H21NO3. The summed E-state index contributed by atoms with van der Waals surface area (Å²) in [7, 11) is 0. The van der Waals surface area contributed by atoms with E-state index in [1.165, 1.54) is 5.56 Å². The van der Waals surface area contributed by atoms with Gasteiger partial charge < -0.3 is 15.6 Å². The Morgan fingerprint density at radius 1 is 1.44 bits per heavy atom. The number of hydrogen-bond donors (Lipinski definition) is 2. The van der Waals surface area contributed by atoms with E-state index in [1.807, 2.05) is 19.1 Å². The minimum absolute atomic E-state index is 0.306. The molecule has 0 saturated carbocycles. The molecule has 1 atom stereocenters. The number of benzene rings is 1. The van der Waals surface area contributed by atoms with Gasteiger partial charge in [-0.1, -0.05) is 26.0 Å². The minimum atomic E-state index is -0.994. The molecule has 0 saturated heterocycles. The Balaban J connectivity index is 2.61. The standard InChI is InChI=1S/C14H21NO3/c1-9(2)11-5-4-10(3)13(8-11)18-7-6-12(15)14(16)17/h4-5,8-9,12H,6-7,15H2,1-3H3,(H,16,17). The monoisotopic (exact) mass is 251 g/mol. The lowest BCUT2D eigenvalue weighted by atomic mass is 10.0. The molecule has 0 aromatic heterocycles. The second kappa shape index (κ2) is 6.40. The molecule has 1 rings (SSSR count). The first-order valence-electron chi connectivity index (χ1n) is 6.13. The Hall–Kier alpha value is -1.55. The summed E-state index contributed by atoms with van der Waals surface area (Å²) in [4.78, 5) is 10.6. The van der Waals surface area contributed by atoms with Crippen LogP contribution in [0.4, 0.5) is 0 Å². The highest BCUT2D eigenvalue weighted by atomic mass is 16.5. The van der Waals surface area contributed by atoms with Crippen LogP contribution in [0.15, 0.2) is 18.2 Å². The minimum Gasteiger partial charge on any atom is -0.493 e. The maximum atomic E-state index is 10.6. The molecule has 0 heterocycles. The summed E-state index contributed by atoms with van der Waals surface area (Å²) < 4.78 is 5.61. The molecule has 1 unspecified atom stereocenters. The van der Waals surface area contributed by atoms with E-state index in [1.54, 1.807) is 0 Å². The van der Waals surface area contributed by atoms with Gasteiger partial charge in [-0.05, 0) is 30.0 Å². The third-order valence-corrected chi connectivity index (χ3v) is 2.88. The number of carboxylic acid groups (broad SMARTS) is 1. The van der Waals surface area contributed by atoms with Crippen LogP contribution in [0.3, 0.4) is 0 Å². The van der Waals surface area contributed by atoms with Crippen LogP contribution in [0, 0.1) is 6.92 Å². The third-order valence-electron chi connectivity index (χ3n) is 2.88. The van der Waals surface area contributed by atoms with Crippen molar-refractivity contribution in [2.45, 2.75) is 39.2 Å². The van der Waals surface area contributed by atoms with Crippen molar-refractivity contribution in [2.75, 3.05) is 6.61 Å². The molecule has 100 valence electrons. The molecule has 0 amide bonds. The SMILES string of the molecule is Cc1ccc(C(C)C)cc1OCCC(N)C(=O)O. The molecule has 0 bridgehead atoms. The van der Waals surface area contributed by atoms with Crippen LogP contribution in [-0.2, 0) is 4.79 Å². The van der Waals surface area contributed by atoms with E-state index in [9.17, 15) is 4.79 Å². The molecule has 4 nitrogen and oxygen atoms in total. The van der Waals surface area contributed by atoms with E-state index in [2.05, 4.69) is 19.9 Å². The van der Waals surface area contributed by atoms with Crippen LogP contribution in [0.5, 0.6) is 5.75 Å². The van der Waals surface area contributed by atoms with Gasteiger partial charge in [0.15, 0.2) is 0 Å². The predicted molar refractivity (Wildman–Crippen MR) is 71.0 cm³/mol. The fraction of sp³-hybridized carbons (Fsp3) is 0.500. The molecule has 0 aliphatic carbocycles. The van der Waals surface area contributed by atoms with Crippen LogP contribution in [0.25, 0.3) is 0 Å². The zero-order valence-electron chi connectivity index (χ0n) is 11.1. The van der Waals surface area contributed by atoms with Gasteiger partial charge in [0, 0.05) is 6.42 Å². The molecule has 0 aliphatic heterocycles. The molecule has 0 aliphatic rings. The highest BCUT2D eigenvalue weighted by molar-refractivity contribution is 5.72. The maximum Gasteiger partial charge on any atom is 0.320 e. The molecule has 1 aromatic rings. The number of rotatable bonds is 6. The van der Waals surface area contributed by atoms with Gasteiger partial charge in [-0.15, -0.1) is 0 Å². The third kappa shape index (κ3) is 4.04. The van der Waals surface area contributed by atoms with E-state index in [4.69, 9.17) is 15.6 Å². The van der Waals surface area contributed by atoms with Gasteiger partial charge in [0.25, 0.3) is 0 Å². The second-order valence-electron chi connectivity index (χ2n) is 4.76. The lowest BCUT2D eigenvalue weighted by Gasteiger charge is -2.13. The Labute approximate surface area is 108 Å². The van der Waals surface area contributed by atoms with Crippen LogP contribution < -0.4 is 10.5 Å². The van der Waals surface area contributed by atoms with Crippen LogP contribution in [0.2, 0.25) is 0 Å². The Kier molecular flexibility index (Phi) is 5.16. The lowest BCUT2D eigenvalue weighted by Crippen LogP contribution is -2.31. The van der Waals surface area contributed by atoms with E-state index < -0.39 is 12.0 Å². The smallest absolute Gasteiger partial charge is 0.320 e. The Bertz CT molecular complexity index is 416. The van der Waals surface area contributed by atoms with E-state index >= 15 is 0 Å². The number of carboxylic acids is 1. The zero-order chi connectivity index (χ0) is 13.7. The van der Waals surface area contributed by atoms with Gasteiger partial charge in [0.1, 0.15) is 11.8 Å². The Morgan fingerprint density at radius 3 is 2.67 bits per heavy atom. The molecule has 1 aromatic carbocycles. The van der Waals surface area contributed by atoms with Crippen molar-refractivity contribution in [3.63, 3.8) is 0 Å². The quantitative estimate of drug-likeness (QED) is 0.813. The van der Waals surface area contributed by atoms with Gasteiger partial charge in [-0.3, -0.25) is 4.79 Å². The predicted octanol–water partition coefficient (Wildman–Crippen LogP) is 2.30. The molecule has 0 fully saturated rings. The summed E-state index contributed by atoms with van der Waals surface area (Å²) in [6.45, 7) is 6.52. The van der Waals surface area contributed by atoms with Crippen molar-refractivity contribution in [3.8, 4) is 5.75 Å². The molecule has 0 radical (unpaired) electrons. The average molecular weight is 251 g/mol. The van der Waals surface area contributed by atoms with Gasteiger partial charge in [-0.25, -0.2) is 0 Å². The Morgan fingerprint density at radius 2 is 2.11 bits per heavy atom. The first-order valence-corrected chi connectivity index (χ1v) is 6.13. The molecule has 3 N–H and O–H groups in total. The number of nitrogens with two attached hydrogens (primary N) is 1. The topological polar surface area (TPSA) is 72.5 Å². The number of aryl methyl sites for hydroxylation is 1. The van der Waals surface area contributed by atoms with E-state index in [0.29, 0.717) is 18.9 Å². The normalized spacial score (nSPS) is 12.5. The van der Waals surface area contributed by atoms with Crippen molar-refractivity contribution in [1.82, 2.24) is 0 Å². The number of hydrogen-bond acceptors (Lipinski definition) is 3. The number of aliphatic carboxylic acids is 1. The van der Waals surface area contributed by atoms with Crippen LogP contribution in [-0.4, -0.2) is 23.7 Å². The summed E-state index contributed by atoms with van der Waals surface area (Å²) in [6.07, 6.45) is 0.306. The van der Waals surface area contributed by atoms with Gasteiger partial charge in [0.2, 0.25) is 0 Å². The number of ether oxygens (including phenoxy) is 1. The fourth-order valence-electron chi connectivity index (χ4n) is 1.55. The van der Waals surface area contributed by atoms with Crippen LogP contribution >= 0.6 is 0 Å². The summed E-state index contributed by atoms with van der Waals surface area (Å²) in [5.41, 5.74) is 7.67. The lowest BCUT2D eigenvalue weighted by molar-refractivity contribution is -0.138. The van der Waals surface area contributed by atoms with Crippen molar-refractivity contribution < 1.29 is 14.6 Å². The summed E-state index contributed by atoms with van der Waals surface area (Å²) in [5, 5.41) is 8.67. The molecule has 18 heavy (non-hydrogen) atoms. The maximum absolute atomic E-state index is 10.6. The second-order valence-corrected chi connectivity index (χ2v) is 4.76. The average Bonchev–Trinajstić information content (AvgIpc) is 2.30. The van der Waals surface area contributed by atoms with Crippen molar-refractivity contribution >= 4 is 5.97 Å². The molecule has 4 heteroatoms. The van der Waals surface area contributed by atoms with Gasteiger partial charge in [0.05, 0.1) is 6.61 Å².